The molecule has 0 saturated heterocycles. The normalized spacial score (nSPS) is 11.0. The maximum absolute atomic E-state index is 5.45. The lowest BCUT2D eigenvalue weighted by Gasteiger charge is -2.16. The summed E-state index contributed by atoms with van der Waals surface area (Å²) in [5.41, 5.74) is 12.0. The van der Waals surface area contributed by atoms with E-state index in [0.29, 0.717) is 17.5 Å². The predicted molar refractivity (Wildman–Crippen MR) is 219 cm³/mol. The minimum atomic E-state index is 0.573. The Bertz CT molecular complexity index is 2680. The van der Waals surface area contributed by atoms with Crippen LogP contribution in [0.1, 0.15) is 0 Å². The minimum absolute atomic E-state index is 0.573. The number of hydrogen-bond acceptors (Lipinski definition) is 5. The van der Waals surface area contributed by atoms with Gasteiger partial charge in [0.05, 0.1) is 22.8 Å². The first-order chi connectivity index (χ1) is 26.8. The Morgan fingerprint density at radius 1 is 0.185 bits per heavy atom. The van der Waals surface area contributed by atoms with E-state index in [9.17, 15) is 0 Å². The highest BCUT2D eigenvalue weighted by molar-refractivity contribution is 5.87. The van der Waals surface area contributed by atoms with Gasteiger partial charge in [-0.3, -0.25) is 0 Å². The molecular formula is C49H33N5. The van der Waals surface area contributed by atoms with Gasteiger partial charge in [-0.15, -0.1) is 0 Å². The molecule has 0 aliphatic heterocycles. The first-order valence-corrected chi connectivity index (χ1v) is 17.9. The van der Waals surface area contributed by atoms with Crippen molar-refractivity contribution < 1.29 is 0 Å². The summed E-state index contributed by atoms with van der Waals surface area (Å²) in [5, 5.41) is 0. The lowest BCUT2D eigenvalue weighted by molar-refractivity contribution is 1.07. The van der Waals surface area contributed by atoms with E-state index >= 15 is 0 Å². The lowest BCUT2D eigenvalue weighted by atomic mass is 9.98. The number of benzene rings is 7. The molecule has 254 valence electrons. The molecule has 0 aliphatic carbocycles. The molecule has 0 saturated carbocycles. The number of hydrogen-bond donors (Lipinski definition) is 0. The maximum atomic E-state index is 5.45. The Morgan fingerprint density at radius 3 is 0.889 bits per heavy atom. The molecule has 54 heavy (non-hydrogen) atoms. The average Bonchev–Trinajstić information content (AvgIpc) is 3.27. The second-order valence-corrected chi connectivity index (χ2v) is 12.9. The van der Waals surface area contributed by atoms with Crippen LogP contribution in [-0.4, -0.2) is 24.9 Å². The van der Waals surface area contributed by atoms with Crippen molar-refractivity contribution in [3.05, 3.63) is 200 Å². The molecule has 2 aromatic heterocycles. The molecule has 9 rings (SSSR count). The van der Waals surface area contributed by atoms with Crippen molar-refractivity contribution >= 4 is 0 Å². The third-order valence-corrected chi connectivity index (χ3v) is 9.33. The zero-order chi connectivity index (χ0) is 36.1. The Kier molecular flexibility index (Phi) is 8.86. The monoisotopic (exact) mass is 691 g/mol. The fourth-order valence-corrected chi connectivity index (χ4v) is 6.65. The smallest absolute Gasteiger partial charge is 0.164 e. The number of aromatic nitrogens is 5. The number of nitrogens with zero attached hydrogens (tertiary/aromatic N) is 5. The molecule has 2 heterocycles. The van der Waals surface area contributed by atoms with E-state index in [1.165, 1.54) is 0 Å². The van der Waals surface area contributed by atoms with Gasteiger partial charge in [-0.1, -0.05) is 188 Å². The molecule has 0 spiro atoms. The second-order valence-electron chi connectivity index (χ2n) is 12.9. The minimum Gasteiger partial charge on any atom is -0.243 e. The topological polar surface area (TPSA) is 64.5 Å². The number of rotatable bonds is 8. The maximum Gasteiger partial charge on any atom is 0.164 e. The summed E-state index contributed by atoms with van der Waals surface area (Å²) in [6, 6.07) is 67.9. The van der Waals surface area contributed by atoms with Crippen LogP contribution in [0.15, 0.2) is 200 Å². The van der Waals surface area contributed by atoms with E-state index in [1.807, 2.05) is 103 Å². The summed E-state index contributed by atoms with van der Waals surface area (Å²) >= 11 is 0. The predicted octanol–water partition coefficient (Wildman–Crippen LogP) is 12.0. The van der Waals surface area contributed by atoms with Gasteiger partial charge in [0.25, 0.3) is 0 Å². The summed E-state index contributed by atoms with van der Waals surface area (Å²) < 4.78 is 0. The van der Waals surface area contributed by atoms with Crippen molar-refractivity contribution in [3.8, 4) is 90.3 Å². The van der Waals surface area contributed by atoms with Crippen molar-refractivity contribution in [1.29, 1.82) is 0 Å². The van der Waals surface area contributed by atoms with Crippen LogP contribution in [0.4, 0.5) is 0 Å². The van der Waals surface area contributed by atoms with Crippen LogP contribution < -0.4 is 0 Å². The Morgan fingerprint density at radius 2 is 0.463 bits per heavy atom. The van der Waals surface area contributed by atoms with Crippen molar-refractivity contribution in [3.63, 3.8) is 0 Å². The molecule has 0 aliphatic rings. The van der Waals surface area contributed by atoms with Crippen LogP contribution in [0.5, 0.6) is 0 Å². The summed E-state index contributed by atoms with van der Waals surface area (Å²) in [6.45, 7) is 0. The van der Waals surface area contributed by atoms with E-state index in [1.54, 1.807) is 0 Å². The molecule has 0 bridgehead atoms. The van der Waals surface area contributed by atoms with Crippen LogP contribution >= 0.6 is 0 Å². The third-order valence-electron chi connectivity index (χ3n) is 9.33. The molecule has 0 unspecified atom stereocenters. The standard InChI is InChI=1S/C49H33N5/c1-6-18-34(19-7-1)39-28-16-30-41(32-39)48-52-47(38-26-14-5-15-27-38)53-49(54-48)42-31-17-29-40(33-42)46-45(37-24-12-4-13-25-37)50-43(35-20-8-2-9-21-35)44(51-46)36-22-10-3-11-23-36/h1-33H. The van der Waals surface area contributed by atoms with Crippen LogP contribution in [0, 0.1) is 0 Å². The largest absolute Gasteiger partial charge is 0.243 e. The van der Waals surface area contributed by atoms with E-state index in [2.05, 4.69) is 97.1 Å². The van der Waals surface area contributed by atoms with Crippen molar-refractivity contribution in [2.24, 2.45) is 0 Å². The highest BCUT2D eigenvalue weighted by atomic mass is 15.0. The summed E-state index contributed by atoms with van der Waals surface area (Å²) in [4.78, 5) is 26.0. The molecular weight excluding hydrogens is 659 g/mol. The van der Waals surface area contributed by atoms with Gasteiger partial charge >= 0.3 is 0 Å². The average molecular weight is 692 g/mol. The molecule has 0 fully saturated rings. The molecule has 5 heteroatoms. The van der Waals surface area contributed by atoms with Crippen LogP contribution in [0.3, 0.4) is 0 Å². The van der Waals surface area contributed by atoms with Crippen molar-refractivity contribution in [2.75, 3.05) is 0 Å². The highest BCUT2D eigenvalue weighted by Gasteiger charge is 2.20. The van der Waals surface area contributed by atoms with Crippen molar-refractivity contribution in [1.82, 2.24) is 24.9 Å². The zero-order valence-corrected chi connectivity index (χ0v) is 29.3. The molecule has 9 aromatic rings. The first kappa shape index (κ1) is 32.5. The molecule has 5 nitrogen and oxygen atoms in total. The molecule has 7 aromatic carbocycles. The highest BCUT2D eigenvalue weighted by Crippen LogP contribution is 2.38. The van der Waals surface area contributed by atoms with Gasteiger partial charge in [0.1, 0.15) is 0 Å². The summed E-state index contributed by atoms with van der Waals surface area (Å²) in [7, 11) is 0. The van der Waals surface area contributed by atoms with Crippen LogP contribution in [-0.2, 0) is 0 Å². The van der Waals surface area contributed by atoms with E-state index in [4.69, 9.17) is 24.9 Å². The SMILES string of the molecule is c1ccc(-c2cccc(-c3nc(-c4ccccc4)nc(-c4cccc(-c5nc(-c6ccccc6)c(-c6ccccc6)nc5-c5ccccc5)c4)n3)c2)cc1. The van der Waals surface area contributed by atoms with Gasteiger partial charge in [-0.2, -0.15) is 0 Å². The van der Waals surface area contributed by atoms with Gasteiger partial charge < -0.3 is 0 Å². The lowest BCUT2D eigenvalue weighted by Crippen LogP contribution is -2.02. The van der Waals surface area contributed by atoms with Gasteiger partial charge in [0.2, 0.25) is 0 Å². The fourth-order valence-electron chi connectivity index (χ4n) is 6.65. The van der Waals surface area contributed by atoms with Gasteiger partial charge in [-0.05, 0) is 23.3 Å². The Balaban J connectivity index is 1.23. The zero-order valence-electron chi connectivity index (χ0n) is 29.3. The van der Waals surface area contributed by atoms with E-state index < -0.39 is 0 Å². The van der Waals surface area contributed by atoms with E-state index in [-0.39, 0.29) is 0 Å². The molecule has 0 N–H and O–H groups in total. The Hall–Kier alpha value is -7.37. The second kappa shape index (κ2) is 14.7. The van der Waals surface area contributed by atoms with E-state index in [0.717, 1.165) is 72.8 Å². The quantitative estimate of drug-likeness (QED) is 0.159. The fraction of sp³-hybridized carbons (Fsp3) is 0. The van der Waals surface area contributed by atoms with Gasteiger partial charge in [0.15, 0.2) is 17.5 Å². The van der Waals surface area contributed by atoms with Gasteiger partial charge in [0, 0.05) is 38.9 Å². The Labute approximate surface area is 314 Å². The van der Waals surface area contributed by atoms with Crippen molar-refractivity contribution in [2.45, 2.75) is 0 Å². The summed E-state index contributed by atoms with van der Waals surface area (Å²) in [5.74, 6) is 1.78. The van der Waals surface area contributed by atoms with Crippen LogP contribution in [0.25, 0.3) is 90.3 Å². The first-order valence-electron chi connectivity index (χ1n) is 17.9. The molecule has 0 atom stereocenters. The van der Waals surface area contributed by atoms with Crippen LogP contribution in [0.2, 0.25) is 0 Å². The molecule has 0 amide bonds. The third kappa shape index (κ3) is 6.70. The molecule has 0 radical (unpaired) electrons. The van der Waals surface area contributed by atoms with Gasteiger partial charge in [-0.25, -0.2) is 24.9 Å². The summed E-state index contributed by atoms with van der Waals surface area (Å²) in [6.07, 6.45) is 0.